The van der Waals surface area contributed by atoms with Crippen molar-refractivity contribution >= 4 is 23.0 Å². The molecule has 0 radical (unpaired) electrons. The number of carbonyl (C=O) groups excluding carboxylic acids is 2. The van der Waals surface area contributed by atoms with Crippen LogP contribution in [0.2, 0.25) is 0 Å². The van der Waals surface area contributed by atoms with Crippen LogP contribution in [0.5, 0.6) is 5.75 Å². The van der Waals surface area contributed by atoms with Gasteiger partial charge in [-0.2, -0.15) is 0 Å². The maximum atomic E-state index is 12.5. The normalized spacial score (nSPS) is 12.2. The average Bonchev–Trinajstić information content (AvgIpc) is 3.01. The fourth-order valence-corrected chi connectivity index (χ4v) is 2.54. The van der Waals surface area contributed by atoms with E-state index in [1.165, 1.54) is 11.8 Å². The third-order valence-electron chi connectivity index (χ3n) is 4.25. The quantitative estimate of drug-likeness (QED) is 0.768. The smallest absolute Gasteiger partial charge is 0.415 e. The van der Waals surface area contributed by atoms with E-state index in [9.17, 15) is 9.59 Å². The first-order valence-electron chi connectivity index (χ1n) is 8.61. The summed E-state index contributed by atoms with van der Waals surface area (Å²) >= 11 is 0. The number of aromatic amines is 1. The second-order valence-corrected chi connectivity index (χ2v) is 6.68. The molecule has 0 aliphatic rings. The molecule has 0 saturated carbocycles. The molecule has 1 aromatic carbocycles. The number of benzene rings is 1. The van der Waals surface area contributed by atoms with Gasteiger partial charge in [-0.15, -0.1) is 0 Å². The van der Waals surface area contributed by atoms with Crippen LogP contribution < -0.4 is 4.74 Å². The molecule has 0 aliphatic carbocycles. The first kappa shape index (κ1) is 19.8. The zero-order chi connectivity index (χ0) is 19.3. The largest absolute Gasteiger partial charge is 0.464 e. The van der Waals surface area contributed by atoms with E-state index in [1.54, 1.807) is 20.0 Å². The lowest BCUT2D eigenvalue weighted by Crippen LogP contribution is -2.40. The van der Waals surface area contributed by atoms with Gasteiger partial charge in [0.2, 0.25) is 0 Å². The minimum Gasteiger partial charge on any atom is -0.464 e. The van der Waals surface area contributed by atoms with Gasteiger partial charge in [-0.05, 0) is 45.1 Å². The molecule has 7 heteroatoms. The van der Waals surface area contributed by atoms with Gasteiger partial charge in [-0.25, -0.2) is 4.79 Å². The van der Waals surface area contributed by atoms with Crippen LogP contribution in [0, 0.1) is 0 Å². The standard InChI is InChI=1S/C19H27N3O4/c1-13(12-25-14(2)23)22(5)19(24)26-17-8-6-7-16-18(17)15(11-20-16)9-10-21(3)4/h6-8,11,13,20H,9-10,12H2,1-5H3. The third-order valence-corrected chi connectivity index (χ3v) is 4.25. The van der Waals surface area contributed by atoms with E-state index in [-0.39, 0.29) is 18.6 Å². The van der Waals surface area contributed by atoms with Crippen LogP contribution in [-0.2, 0) is 16.0 Å². The van der Waals surface area contributed by atoms with Crippen molar-refractivity contribution in [2.45, 2.75) is 26.3 Å². The number of aromatic nitrogens is 1. The predicted molar refractivity (Wildman–Crippen MR) is 100 cm³/mol. The zero-order valence-corrected chi connectivity index (χ0v) is 16.0. The van der Waals surface area contributed by atoms with E-state index in [0.717, 1.165) is 29.4 Å². The lowest BCUT2D eigenvalue weighted by atomic mass is 10.1. The topological polar surface area (TPSA) is 74.9 Å². The van der Waals surface area contributed by atoms with E-state index >= 15 is 0 Å². The minimum atomic E-state index is -0.489. The molecule has 142 valence electrons. The SMILES string of the molecule is CC(=O)OCC(C)N(C)C(=O)Oc1cccc2[nH]cc(CCN(C)C)c12. The molecule has 2 aromatic rings. The Hall–Kier alpha value is -2.54. The number of ether oxygens (including phenoxy) is 2. The van der Waals surface area contributed by atoms with Gasteiger partial charge in [0, 0.05) is 37.6 Å². The summed E-state index contributed by atoms with van der Waals surface area (Å²) in [6, 6.07) is 5.31. The van der Waals surface area contributed by atoms with Crippen molar-refractivity contribution < 1.29 is 19.1 Å². The first-order chi connectivity index (χ1) is 12.3. The van der Waals surface area contributed by atoms with Gasteiger partial charge in [0.15, 0.2) is 0 Å². The van der Waals surface area contributed by atoms with E-state index in [4.69, 9.17) is 9.47 Å². The highest BCUT2D eigenvalue weighted by Gasteiger charge is 2.20. The number of carbonyl (C=O) groups is 2. The Morgan fingerprint density at radius 1 is 1.23 bits per heavy atom. The zero-order valence-electron chi connectivity index (χ0n) is 16.0. The van der Waals surface area contributed by atoms with Gasteiger partial charge in [0.1, 0.15) is 12.4 Å². The fourth-order valence-electron chi connectivity index (χ4n) is 2.54. The number of nitrogens with zero attached hydrogens (tertiary/aromatic N) is 2. The van der Waals surface area contributed by atoms with Gasteiger partial charge >= 0.3 is 12.1 Å². The number of likely N-dealkylation sites (N-methyl/N-ethyl adjacent to an activating group) is 2. The highest BCUT2D eigenvalue weighted by Crippen LogP contribution is 2.29. The van der Waals surface area contributed by atoms with Gasteiger partial charge in [0.05, 0.1) is 6.04 Å². The summed E-state index contributed by atoms with van der Waals surface area (Å²) < 4.78 is 10.6. The number of rotatable bonds is 7. The Morgan fingerprint density at radius 3 is 2.62 bits per heavy atom. The second-order valence-electron chi connectivity index (χ2n) is 6.68. The van der Waals surface area contributed by atoms with E-state index in [1.807, 2.05) is 32.4 Å². The molecule has 2 rings (SSSR count). The molecule has 26 heavy (non-hydrogen) atoms. The molecule has 1 heterocycles. The number of hydrogen-bond donors (Lipinski definition) is 1. The Balaban J connectivity index is 2.15. The average molecular weight is 361 g/mol. The summed E-state index contributed by atoms with van der Waals surface area (Å²) in [6.07, 6.45) is 2.32. The summed E-state index contributed by atoms with van der Waals surface area (Å²) in [4.78, 5) is 30.2. The third kappa shape index (κ3) is 4.98. The van der Waals surface area contributed by atoms with Crippen LogP contribution in [-0.4, -0.2) is 67.2 Å². The molecule has 1 atom stereocenters. The van der Waals surface area contributed by atoms with Gasteiger partial charge in [-0.1, -0.05) is 6.07 Å². The molecule has 1 N–H and O–H groups in total. The summed E-state index contributed by atoms with van der Waals surface area (Å²) in [6.45, 7) is 4.16. The maximum absolute atomic E-state index is 12.5. The van der Waals surface area contributed by atoms with Crippen LogP contribution in [0.4, 0.5) is 4.79 Å². The Bertz CT molecular complexity index is 769. The molecule has 1 unspecified atom stereocenters. The van der Waals surface area contributed by atoms with Crippen LogP contribution in [0.25, 0.3) is 10.9 Å². The summed E-state index contributed by atoms with van der Waals surface area (Å²) in [5.74, 6) is 0.148. The number of esters is 1. The van der Waals surface area contributed by atoms with Crippen molar-refractivity contribution in [3.63, 3.8) is 0 Å². The number of H-pyrrole nitrogens is 1. The van der Waals surface area contributed by atoms with Crippen molar-refractivity contribution in [2.24, 2.45) is 0 Å². The van der Waals surface area contributed by atoms with Crippen molar-refractivity contribution in [2.75, 3.05) is 34.3 Å². The number of fused-ring (bicyclic) bond motifs is 1. The molecule has 0 fully saturated rings. The lowest BCUT2D eigenvalue weighted by Gasteiger charge is -2.23. The number of nitrogens with one attached hydrogen (secondary N) is 1. The van der Waals surface area contributed by atoms with E-state index in [2.05, 4.69) is 9.88 Å². The van der Waals surface area contributed by atoms with Gasteiger partial charge in [-0.3, -0.25) is 4.79 Å². The molecular weight excluding hydrogens is 334 g/mol. The van der Waals surface area contributed by atoms with Crippen molar-refractivity contribution in [1.29, 1.82) is 0 Å². The molecular formula is C19H27N3O4. The predicted octanol–water partition coefficient (Wildman–Crippen LogP) is 2.65. The summed E-state index contributed by atoms with van der Waals surface area (Å²) in [5, 5.41) is 0.920. The second kappa shape index (κ2) is 8.71. The molecule has 0 saturated heterocycles. The Labute approximate surface area is 153 Å². The molecule has 0 spiro atoms. The maximum Gasteiger partial charge on any atom is 0.415 e. The summed E-state index contributed by atoms with van der Waals surface area (Å²) in [7, 11) is 5.67. The van der Waals surface area contributed by atoms with Crippen molar-refractivity contribution in [3.05, 3.63) is 30.0 Å². The monoisotopic (exact) mass is 361 g/mol. The summed E-state index contributed by atoms with van der Waals surface area (Å²) in [5.41, 5.74) is 2.03. The number of hydrogen-bond acceptors (Lipinski definition) is 5. The van der Waals surface area contributed by atoms with Crippen LogP contribution in [0.15, 0.2) is 24.4 Å². The molecule has 0 bridgehead atoms. The Kier molecular flexibility index (Phi) is 6.63. The van der Waals surface area contributed by atoms with E-state index < -0.39 is 6.09 Å². The molecule has 1 aromatic heterocycles. The van der Waals surface area contributed by atoms with Gasteiger partial charge in [0.25, 0.3) is 0 Å². The lowest BCUT2D eigenvalue weighted by molar-refractivity contribution is -0.142. The Morgan fingerprint density at radius 2 is 1.96 bits per heavy atom. The van der Waals surface area contributed by atoms with Crippen molar-refractivity contribution in [1.82, 2.24) is 14.8 Å². The van der Waals surface area contributed by atoms with E-state index in [0.29, 0.717) is 5.75 Å². The molecule has 1 amide bonds. The molecule has 7 nitrogen and oxygen atoms in total. The van der Waals surface area contributed by atoms with Gasteiger partial charge < -0.3 is 24.3 Å². The molecule has 0 aliphatic heterocycles. The number of amides is 1. The van der Waals surface area contributed by atoms with Crippen LogP contribution in [0.1, 0.15) is 19.4 Å². The van der Waals surface area contributed by atoms with Crippen LogP contribution in [0.3, 0.4) is 0 Å². The highest BCUT2D eigenvalue weighted by atomic mass is 16.6. The minimum absolute atomic E-state index is 0.128. The first-order valence-corrected chi connectivity index (χ1v) is 8.61. The van der Waals surface area contributed by atoms with Crippen molar-refractivity contribution in [3.8, 4) is 5.75 Å². The van der Waals surface area contributed by atoms with Crippen LogP contribution >= 0.6 is 0 Å². The highest BCUT2D eigenvalue weighted by molar-refractivity contribution is 5.91. The fraction of sp³-hybridized carbons (Fsp3) is 0.474.